The number of hydrogen-bond acceptors (Lipinski definition) is 2. The highest BCUT2D eigenvalue weighted by Gasteiger charge is 2.12. The van der Waals surface area contributed by atoms with Gasteiger partial charge in [-0.25, -0.2) is 4.39 Å². The lowest BCUT2D eigenvalue weighted by atomic mass is 10.1. The van der Waals surface area contributed by atoms with Crippen molar-refractivity contribution >= 4 is 40.9 Å². The van der Waals surface area contributed by atoms with Gasteiger partial charge in [0.1, 0.15) is 17.5 Å². The second-order valence-corrected chi connectivity index (χ2v) is 5.06. The zero-order valence-corrected chi connectivity index (χ0v) is 12.6. The number of nitriles is 1. The van der Waals surface area contributed by atoms with E-state index in [9.17, 15) is 9.18 Å². The number of carbonyl (C=O) groups excluding carboxylic acids is 1. The molecule has 0 atom stereocenters. The van der Waals surface area contributed by atoms with Crippen molar-refractivity contribution in [1.82, 2.24) is 0 Å². The van der Waals surface area contributed by atoms with Crippen molar-refractivity contribution in [2.75, 3.05) is 5.32 Å². The van der Waals surface area contributed by atoms with Gasteiger partial charge < -0.3 is 5.32 Å². The predicted molar refractivity (Wildman–Crippen MR) is 85.1 cm³/mol. The third-order valence-corrected chi connectivity index (χ3v) is 3.56. The summed E-state index contributed by atoms with van der Waals surface area (Å²) in [6.45, 7) is 0. The lowest BCUT2D eigenvalue weighted by molar-refractivity contribution is -0.112. The Morgan fingerprint density at radius 3 is 2.50 bits per heavy atom. The Balaban J connectivity index is 2.24. The predicted octanol–water partition coefficient (Wildman–Crippen LogP) is 4.68. The molecule has 2 rings (SSSR count). The fourth-order valence-electron chi connectivity index (χ4n) is 1.66. The number of amides is 1. The van der Waals surface area contributed by atoms with Gasteiger partial charge in [-0.1, -0.05) is 41.4 Å². The zero-order valence-electron chi connectivity index (χ0n) is 11.1. The number of nitrogens with one attached hydrogen (secondary N) is 1. The topological polar surface area (TPSA) is 52.9 Å². The maximum absolute atomic E-state index is 12.8. The van der Waals surface area contributed by atoms with Crippen molar-refractivity contribution in [3.63, 3.8) is 0 Å². The minimum Gasteiger partial charge on any atom is -0.320 e. The molecular weight excluding hydrogens is 326 g/mol. The first kappa shape index (κ1) is 16.0. The van der Waals surface area contributed by atoms with Crippen molar-refractivity contribution in [1.29, 1.82) is 5.26 Å². The van der Waals surface area contributed by atoms with Gasteiger partial charge in [-0.3, -0.25) is 4.79 Å². The number of benzene rings is 2. The van der Waals surface area contributed by atoms with Gasteiger partial charge in [-0.2, -0.15) is 5.26 Å². The zero-order chi connectivity index (χ0) is 16.1. The van der Waals surface area contributed by atoms with E-state index in [0.717, 1.165) is 0 Å². The van der Waals surface area contributed by atoms with Crippen LogP contribution in [0, 0.1) is 17.1 Å². The van der Waals surface area contributed by atoms with Gasteiger partial charge in [-0.15, -0.1) is 0 Å². The van der Waals surface area contributed by atoms with Crippen molar-refractivity contribution in [2.45, 2.75) is 0 Å². The molecule has 0 aliphatic carbocycles. The van der Waals surface area contributed by atoms with E-state index >= 15 is 0 Å². The molecule has 0 bridgehead atoms. The van der Waals surface area contributed by atoms with Crippen LogP contribution in [0.4, 0.5) is 10.1 Å². The molecule has 0 saturated carbocycles. The SMILES string of the molecule is N#C/C(=C\c1ccc(F)cc1)C(=O)Nc1cccc(Cl)c1Cl. The molecule has 0 saturated heterocycles. The molecule has 0 radical (unpaired) electrons. The van der Waals surface area contributed by atoms with Crippen LogP contribution >= 0.6 is 23.2 Å². The van der Waals surface area contributed by atoms with Gasteiger partial charge in [0.25, 0.3) is 5.91 Å². The first-order valence-corrected chi connectivity index (χ1v) is 6.89. The third kappa shape index (κ3) is 3.85. The third-order valence-electron chi connectivity index (χ3n) is 2.75. The first-order chi connectivity index (χ1) is 10.5. The van der Waals surface area contributed by atoms with E-state index in [0.29, 0.717) is 16.3 Å². The lowest BCUT2D eigenvalue weighted by Crippen LogP contribution is -2.13. The number of hydrogen-bond donors (Lipinski definition) is 1. The molecule has 1 amide bonds. The highest BCUT2D eigenvalue weighted by Crippen LogP contribution is 2.29. The normalized spacial score (nSPS) is 10.9. The highest BCUT2D eigenvalue weighted by atomic mass is 35.5. The maximum Gasteiger partial charge on any atom is 0.266 e. The second kappa shape index (κ2) is 7.08. The Bertz CT molecular complexity index is 780. The Labute approximate surface area is 136 Å². The van der Waals surface area contributed by atoms with Gasteiger partial charge in [0.2, 0.25) is 0 Å². The molecule has 0 heterocycles. The number of anilines is 1. The summed E-state index contributed by atoms with van der Waals surface area (Å²) < 4.78 is 12.8. The molecule has 2 aromatic carbocycles. The van der Waals surface area contributed by atoms with Crippen LogP contribution in [0.25, 0.3) is 6.08 Å². The van der Waals surface area contributed by atoms with Crippen LogP contribution in [-0.4, -0.2) is 5.91 Å². The maximum atomic E-state index is 12.8. The highest BCUT2D eigenvalue weighted by molar-refractivity contribution is 6.44. The average molecular weight is 335 g/mol. The van der Waals surface area contributed by atoms with E-state index in [1.54, 1.807) is 24.3 Å². The van der Waals surface area contributed by atoms with Crippen molar-refractivity contribution < 1.29 is 9.18 Å². The average Bonchev–Trinajstić information content (AvgIpc) is 2.51. The number of nitrogens with zero attached hydrogens (tertiary/aromatic N) is 1. The Hall–Kier alpha value is -2.35. The summed E-state index contributed by atoms with van der Waals surface area (Å²) in [6.07, 6.45) is 1.35. The minimum atomic E-state index is -0.629. The molecular formula is C16H9Cl2FN2O. The fourth-order valence-corrected chi connectivity index (χ4v) is 2.01. The number of halogens is 3. The minimum absolute atomic E-state index is 0.136. The van der Waals surface area contributed by atoms with Gasteiger partial charge >= 0.3 is 0 Å². The van der Waals surface area contributed by atoms with Gasteiger partial charge in [0, 0.05) is 0 Å². The summed E-state index contributed by atoms with van der Waals surface area (Å²) in [7, 11) is 0. The van der Waals surface area contributed by atoms with E-state index in [-0.39, 0.29) is 10.6 Å². The molecule has 110 valence electrons. The summed E-state index contributed by atoms with van der Waals surface area (Å²) in [5.41, 5.74) is 0.701. The van der Waals surface area contributed by atoms with Crippen LogP contribution in [0.2, 0.25) is 10.0 Å². The summed E-state index contributed by atoms with van der Waals surface area (Å²) in [6, 6.07) is 12.0. The lowest BCUT2D eigenvalue weighted by Gasteiger charge is -2.07. The van der Waals surface area contributed by atoms with Gasteiger partial charge in [-0.05, 0) is 35.9 Å². The Kier molecular flexibility index (Phi) is 5.16. The van der Waals surface area contributed by atoms with E-state index in [2.05, 4.69) is 5.32 Å². The standard InChI is InChI=1S/C16H9Cl2FN2O/c17-13-2-1-3-14(15(13)18)21-16(22)11(9-20)8-10-4-6-12(19)7-5-10/h1-8H,(H,21,22)/b11-8+. The summed E-state index contributed by atoms with van der Waals surface area (Å²) >= 11 is 11.8. The molecule has 0 aliphatic heterocycles. The summed E-state index contributed by atoms with van der Waals surface area (Å²) in [5, 5.41) is 12.1. The molecule has 6 heteroatoms. The molecule has 3 nitrogen and oxygen atoms in total. The summed E-state index contributed by atoms with van der Waals surface area (Å²) in [5.74, 6) is -1.03. The Morgan fingerprint density at radius 1 is 1.18 bits per heavy atom. The van der Waals surface area contributed by atoms with Crippen LogP contribution in [-0.2, 0) is 4.79 Å². The molecule has 1 N–H and O–H groups in total. The van der Waals surface area contributed by atoms with Crippen LogP contribution in [0.5, 0.6) is 0 Å². The largest absolute Gasteiger partial charge is 0.320 e. The molecule has 0 fully saturated rings. The Morgan fingerprint density at radius 2 is 1.86 bits per heavy atom. The van der Waals surface area contributed by atoms with Gasteiger partial charge in [0.05, 0.1) is 15.7 Å². The van der Waals surface area contributed by atoms with E-state index < -0.39 is 11.7 Å². The van der Waals surface area contributed by atoms with E-state index in [1.807, 2.05) is 0 Å². The second-order valence-electron chi connectivity index (χ2n) is 4.28. The van der Waals surface area contributed by atoms with Crippen molar-refractivity contribution in [2.24, 2.45) is 0 Å². The number of rotatable bonds is 3. The first-order valence-electron chi connectivity index (χ1n) is 6.14. The molecule has 2 aromatic rings. The van der Waals surface area contributed by atoms with Gasteiger partial charge in [0.15, 0.2) is 0 Å². The van der Waals surface area contributed by atoms with Crippen LogP contribution in [0.1, 0.15) is 5.56 Å². The summed E-state index contributed by atoms with van der Waals surface area (Å²) in [4.78, 5) is 12.1. The molecule has 0 aromatic heterocycles. The molecule has 0 spiro atoms. The smallest absolute Gasteiger partial charge is 0.266 e. The monoisotopic (exact) mass is 334 g/mol. The van der Waals surface area contributed by atoms with Crippen molar-refractivity contribution in [3.8, 4) is 6.07 Å². The quantitative estimate of drug-likeness (QED) is 0.654. The molecule has 0 aliphatic rings. The molecule has 22 heavy (non-hydrogen) atoms. The van der Waals surface area contributed by atoms with Crippen LogP contribution in [0.15, 0.2) is 48.0 Å². The van der Waals surface area contributed by atoms with E-state index in [4.69, 9.17) is 28.5 Å². The molecule has 0 unspecified atom stereocenters. The van der Waals surface area contributed by atoms with Crippen LogP contribution in [0.3, 0.4) is 0 Å². The fraction of sp³-hybridized carbons (Fsp3) is 0. The van der Waals surface area contributed by atoms with E-state index in [1.165, 1.54) is 30.3 Å². The van der Waals surface area contributed by atoms with Crippen molar-refractivity contribution in [3.05, 3.63) is 69.5 Å². The number of carbonyl (C=O) groups is 1. The van der Waals surface area contributed by atoms with Crippen LogP contribution < -0.4 is 5.32 Å².